The standard InChI is InChI=1S/C19H14Cl2N2O3S/c20-16-10-5-11-17(18(16)21)22-19(24)13-6-4-7-14(12-13)23-27(25,26)15-8-2-1-3-9-15/h1-12,23H,(H,22,24). The fraction of sp³-hybridized carbons (Fsp3) is 0. The van der Waals surface area contributed by atoms with Gasteiger partial charge in [-0.3, -0.25) is 9.52 Å². The van der Waals surface area contributed by atoms with E-state index in [1.54, 1.807) is 54.6 Å². The fourth-order valence-electron chi connectivity index (χ4n) is 2.33. The molecule has 0 aliphatic carbocycles. The van der Waals surface area contributed by atoms with Crippen LogP contribution in [0.5, 0.6) is 0 Å². The van der Waals surface area contributed by atoms with Crippen molar-refractivity contribution >= 4 is 50.5 Å². The Morgan fingerprint density at radius 1 is 0.852 bits per heavy atom. The topological polar surface area (TPSA) is 75.3 Å². The van der Waals surface area contributed by atoms with Crippen molar-refractivity contribution in [2.24, 2.45) is 0 Å². The summed E-state index contributed by atoms with van der Waals surface area (Å²) in [5.41, 5.74) is 0.896. The third-order valence-electron chi connectivity index (χ3n) is 3.63. The molecule has 0 bridgehead atoms. The Balaban J connectivity index is 1.81. The number of anilines is 2. The third-order valence-corrected chi connectivity index (χ3v) is 5.85. The van der Waals surface area contributed by atoms with Crippen LogP contribution >= 0.6 is 23.2 Å². The molecule has 27 heavy (non-hydrogen) atoms. The SMILES string of the molecule is O=C(Nc1cccc(Cl)c1Cl)c1cccc(NS(=O)(=O)c2ccccc2)c1. The first-order valence-electron chi connectivity index (χ1n) is 7.80. The summed E-state index contributed by atoms with van der Waals surface area (Å²) in [6.07, 6.45) is 0. The Morgan fingerprint density at radius 3 is 2.30 bits per heavy atom. The van der Waals surface area contributed by atoms with Crippen molar-refractivity contribution in [2.45, 2.75) is 4.90 Å². The molecule has 3 rings (SSSR count). The Morgan fingerprint density at radius 2 is 1.56 bits per heavy atom. The van der Waals surface area contributed by atoms with Gasteiger partial charge in [-0.2, -0.15) is 0 Å². The molecule has 0 saturated heterocycles. The molecule has 8 heteroatoms. The lowest BCUT2D eigenvalue weighted by Gasteiger charge is -2.11. The van der Waals surface area contributed by atoms with Crippen molar-refractivity contribution in [3.05, 3.63) is 88.4 Å². The van der Waals surface area contributed by atoms with E-state index in [1.807, 2.05) is 0 Å². The van der Waals surface area contributed by atoms with Crippen molar-refractivity contribution in [3.63, 3.8) is 0 Å². The molecule has 3 aromatic carbocycles. The number of benzene rings is 3. The van der Waals surface area contributed by atoms with Gasteiger partial charge in [0.1, 0.15) is 0 Å². The Hall–Kier alpha value is -2.54. The molecule has 0 heterocycles. The Kier molecular flexibility index (Phi) is 5.70. The molecule has 2 N–H and O–H groups in total. The molecule has 0 aliphatic rings. The molecule has 0 aliphatic heterocycles. The minimum atomic E-state index is -3.75. The lowest BCUT2D eigenvalue weighted by atomic mass is 10.2. The molecule has 0 spiro atoms. The maximum absolute atomic E-state index is 12.5. The molecule has 0 fully saturated rings. The molecule has 3 aromatic rings. The second kappa shape index (κ2) is 8.00. The summed E-state index contributed by atoms with van der Waals surface area (Å²) < 4.78 is 27.3. The monoisotopic (exact) mass is 420 g/mol. The largest absolute Gasteiger partial charge is 0.321 e. The van der Waals surface area contributed by atoms with Crippen LogP contribution in [0.15, 0.2) is 77.7 Å². The van der Waals surface area contributed by atoms with Crippen LogP contribution < -0.4 is 10.0 Å². The van der Waals surface area contributed by atoms with E-state index in [4.69, 9.17) is 23.2 Å². The number of nitrogens with one attached hydrogen (secondary N) is 2. The second-order valence-electron chi connectivity index (χ2n) is 5.55. The van der Waals surface area contributed by atoms with Crippen LogP contribution in [0, 0.1) is 0 Å². The van der Waals surface area contributed by atoms with Gasteiger partial charge in [0.25, 0.3) is 15.9 Å². The van der Waals surface area contributed by atoms with E-state index in [0.29, 0.717) is 10.7 Å². The summed E-state index contributed by atoms with van der Waals surface area (Å²) in [5, 5.41) is 3.20. The highest BCUT2D eigenvalue weighted by Crippen LogP contribution is 2.30. The van der Waals surface area contributed by atoms with Gasteiger partial charge in [-0.25, -0.2) is 8.42 Å². The van der Waals surface area contributed by atoms with Gasteiger partial charge in [-0.15, -0.1) is 0 Å². The molecule has 138 valence electrons. The average Bonchev–Trinajstić information content (AvgIpc) is 2.66. The van der Waals surface area contributed by atoms with Crippen LogP contribution in [0.25, 0.3) is 0 Å². The van der Waals surface area contributed by atoms with Gasteiger partial charge in [0.15, 0.2) is 0 Å². The quantitative estimate of drug-likeness (QED) is 0.606. The predicted octanol–water partition coefficient (Wildman–Crippen LogP) is 5.05. The number of carbonyl (C=O) groups excluding carboxylic acids is 1. The van der Waals surface area contributed by atoms with Crippen molar-refractivity contribution in [1.29, 1.82) is 0 Å². The highest BCUT2D eigenvalue weighted by atomic mass is 35.5. The zero-order valence-electron chi connectivity index (χ0n) is 13.8. The summed E-state index contributed by atoms with van der Waals surface area (Å²) in [7, 11) is -3.75. The fourth-order valence-corrected chi connectivity index (χ4v) is 3.75. The summed E-state index contributed by atoms with van der Waals surface area (Å²) in [6.45, 7) is 0. The van der Waals surface area contributed by atoms with E-state index >= 15 is 0 Å². The van der Waals surface area contributed by atoms with Crippen LogP contribution in [0.1, 0.15) is 10.4 Å². The molecule has 5 nitrogen and oxygen atoms in total. The van der Waals surface area contributed by atoms with Crippen LogP contribution in [-0.2, 0) is 10.0 Å². The van der Waals surface area contributed by atoms with Crippen molar-refractivity contribution in [2.75, 3.05) is 10.0 Å². The van der Waals surface area contributed by atoms with Gasteiger partial charge in [-0.1, -0.05) is 53.5 Å². The van der Waals surface area contributed by atoms with Gasteiger partial charge in [-0.05, 0) is 42.5 Å². The molecule has 0 aromatic heterocycles. The number of hydrogen-bond acceptors (Lipinski definition) is 3. The molecule has 1 amide bonds. The number of rotatable bonds is 5. The summed E-state index contributed by atoms with van der Waals surface area (Å²) in [4.78, 5) is 12.6. The zero-order chi connectivity index (χ0) is 19.4. The molecule has 0 radical (unpaired) electrons. The first-order chi connectivity index (χ1) is 12.9. The number of halogens is 2. The van der Waals surface area contributed by atoms with Crippen molar-refractivity contribution in [3.8, 4) is 0 Å². The minimum Gasteiger partial charge on any atom is -0.321 e. The lowest BCUT2D eigenvalue weighted by molar-refractivity contribution is 0.102. The number of amides is 1. The summed E-state index contributed by atoms with van der Waals surface area (Å²) in [6, 6.07) is 19.0. The third kappa shape index (κ3) is 4.60. The van der Waals surface area contributed by atoms with Crippen LogP contribution in [0.3, 0.4) is 0 Å². The van der Waals surface area contributed by atoms with E-state index in [-0.39, 0.29) is 21.2 Å². The number of hydrogen-bond donors (Lipinski definition) is 2. The normalized spacial score (nSPS) is 11.0. The van der Waals surface area contributed by atoms with Crippen LogP contribution in [-0.4, -0.2) is 14.3 Å². The van der Waals surface area contributed by atoms with Gasteiger partial charge in [0.05, 0.1) is 20.6 Å². The van der Waals surface area contributed by atoms with Crippen molar-refractivity contribution in [1.82, 2.24) is 0 Å². The highest BCUT2D eigenvalue weighted by molar-refractivity contribution is 7.92. The van der Waals surface area contributed by atoms with Gasteiger partial charge >= 0.3 is 0 Å². The van der Waals surface area contributed by atoms with E-state index < -0.39 is 15.9 Å². The van der Waals surface area contributed by atoms with Crippen LogP contribution in [0.4, 0.5) is 11.4 Å². The highest BCUT2D eigenvalue weighted by Gasteiger charge is 2.15. The van der Waals surface area contributed by atoms with Gasteiger partial charge in [0, 0.05) is 11.3 Å². The second-order valence-corrected chi connectivity index (χ2v) is 8.02. The maximum atomic E-state index is 12.5. The van der Waals surface area contributed by atoms with Crippen LogP contribution in [0.2, 0.25) is 10.0 Å². The average molecular weight is 421 g/mol. The molecular weight excluding hydrogens is 407 g/mol. The van der Waals surface area contributed by atoms with E-state index in [2.05, 4.69) is 10.0 Å². The summed E-state index contributed by atoms with van der Waals surface area (Å²) in [5.74, 6) is -0.445. The predicted molar refractivity (Wildman–Crippen MR) is 108 cm³/mol. The zero-order valence-corrected chi connectivity index (χ0v) is 16.1. The molecule has 0 atom stereocenters. The van der Waals surface area contributed by atoms with E-state index in [0.717, 1.165) is 0 Å². The molecule has 0 unspecified atom stereocenters. The van der Waals surface area contributed by atoms with E-state index in [1.165, 1.54) is 18.2 Å². The van der Waals surface area contributed by atoms with Gasteiger partial charge < -0.3 is 5.32 Å². The Labute approximate surface area is 167 Å². The van der Waals surface area contributed by atoms with Gasteiger partial charge in [0.2, 0.25) is 0 Å². The lowest BCUT2D eigenvalue weighted by Crippen LogP contribution is -2.15. The first kappa shape index (κ1) is 19.2. The van der Waals surface area contributed by atoms with Crippen molar-refractivity contribution < 1.29 is 13.2 Å². The van der Waals surface area contributed by atoms with E-state index in [9.17, 15) is 13.2 Å². The smallest absolute Gasteiger partial charge is 0.261 e. The minimum absolute atomic E-state index is 0.130. The first-order valence-corrected chi connectivity index (χ1v) is 10.0. The summed E-state index contributed by atoms with van der Waals surface area (Å²) >= 11 is 12.0. The molecular formula is C19H14Cl2N2O3S. The maximum Gasteiger partial charge on any atom is 0.261 e. The molecule has 0 saturated carbocycles. The Bertz CT molecular complexity index is 1090. The number of sulfonamides is 1. The number of carbonyl (C=O) groups is 1.